The average molecular weight is 275 g/mol. The van der Waals surface area contributed by atoms with E-state index in [0.717, 1.165) is 12.4 Å². The van der Waals surface area contributed by atoms with E-state index in [1.54, 1.807) is 24.3 Å². The van der Waals surface area contributed by atoms with Crippen molar-refractivity contribution in [2.75, 3.05) is 6.61 Å². The van der Waals surface area contributed by atoms with Gasteiger partial charge in [-0.15, -0.1) is 0 Å². The molecule has 0 spiro atoms. The second-order valence-electron chi connectivity index (χ2n) is 5.62. The molecular formula is C15H17NO4. The van der Waals surface area contributed by atoms with Crippen LogP contribution in [0.15, 0.2) is 24.3 Å². The van der Waals surface area contributed by atoms with Gasteiger partial charge in [0.05, 0.1) is 6.61 Å². The minimum atomic E-state index is -1.04. The highest BCUT2D eigenvalue weighted by Gasteiger charge is 2.51. The van der Waals surface area contributed by atoms with Gasteiger partial charge in [0.2, 0.25) is 0 Å². The lowest BCUT2D eigenvalue weighted by Crippen LogP contribution is -2.43. The molecule has 106 valence electrons. The molecule has 1 amide bonds. The maximum absolute atomic E-state index is 12.0. The van der Waals surface area contributed by atoms with Crippen LogP contribution in [0.5, 0.6) is 5.75 Å². The van der Waals surface area contributed by atoms with Crippen LogP contribution in [0, 0.1) is 5.92 Å². The van der Waals surface area contributed by atoms with Crippen molar-refractivity contribution in [3.05, 3.63) is 29.8 Å². The van der Waals surface area contributed by atoms with Gasteiger partial charge in [-0.2, -0.15) is 0 Å². The van der Waals surface area contributed by atoms with Crippen molar-refractivity contribution >= 4 is 11.9 Å². The summed E-state index contributed by atoms with van der Waals surface area (Å²) in [6, 6.07) is 6.82. The van der Waals surface area contributed by atoms with Crippen LogP contribution in [-0.4, -0.2) is 29.1 Å². The maximum atomic E-state index is 12.0. The Kier molecular flexibility index (Phi) is 3.12. The Labute approximate surface area is 116 Å². The predicted molar refractivity (Wildman–Crippen MR) is 71.7 cm³/mol. The third-order valence-electron chi connectivity index (χ3n) is 3.81. The van der Waals surface area contributed by atoms with Gasteiger partial charge in [0.25, 0.3) is 5.91 Å². The summed E-state index contributed by atoms with van der Waals surface area (Å²) in [5.74, 6) is 0.116. The van der Waals surface area contributed by atoms with Crippen molar-refractivity contribution in [1.29, 1.82) is 0 Å². The van der Waals surface area contributed by atoms with Gasteiger partial charge in [-0.05, 0) is 55.9 Å². The number of ether oxygens (including phenoxy) is 1. The minimum absolute atomic E-state index is 0.348. The number of nitrogens with one attached hydrogen (secondary N) is 1. The van der Waals surface area contributed by atoms with Crippen molar-refractivity contribution < 1.29 is 19.4 Å². The summed E-state index contributed by atoms with van der Waals surface area (Å²) in [5.41, 5.74) is -0.589. The summed E-state index contributed by atoms with van der Waals surface area (Å²) in [6.45, 7) is 0.730. The molecule has 3 rings (SSSR count). The number of carboxylic acid groups (broad SMARTS) is 1. The van der Waals surface area contributed by atoms with E-state index in [9.17, 15) is 9.59 Å². The summed E-state index contributed by atoms with van der Waals surface area (Å²) in [5, 5.41) is 11.6. The van der Waals surface area contributed by atoms with Gasteiger partial charge in [-0.25, -0.2) is 4.79 Å². The summed E-state index contributed by atoms with van der Waals surface area (Å²) >= 11 is 0. The van der Waals surface area contributed by atoms with Crippen molar-refractivity contribution in [1.82, 2.24) is 5.32 Å². The standard InChI is InChI=1S/C15H17NO4/c17-13(16-15(7-8-15)14(18)19)11-3-5-12(6-4-11)20-9-10-1-2-10/h3-6,10H,1-2,7-9H2,(H,16,17)(H,18,19). The number of hydrogen-bond donors (Lipinski definition) is 2. The average Bonchev–Trinajstić information content (AvgIpc) is 3.32. The largest absolute Gasteiger partial charge is 0.493 e. The molecule has 2 N–H and O–H groups in total. The second kappa shape index (κ2) is 4.81. The number of amides is 1. The zero-order valence-electron chi connectivity index (χ0n) is 11.1. The fourth-order valence-corrected chi connectivity index (χ4v) is 2.01. The molecule has 0 heterocycles. The molecule has 2 aliphatic carbocycles. The first-order valence-electron chi connectivity index (χ1n) is 6.88. The molecule has 0 aromatic heterocycles. The molecule has 0 unspecified atom stereocenters. The lowest BCUT2D eigenvalue weighted by atomic mass is 10.1. The number of carbonyl (C=O) groups is 2. The Balaban J connectivity index is 1.58. The molecule has 0 saturated heterocycles. The number of aliphatic carboxylic acids is 1. The van der Waals surface area contributed by atoms with E-state index in [2.05, 4.69) is 5.32 Å². The normalized spacial score (nSPS) is 19.2. The molecule has 0 atom stereocenters. The summed E-state index contributed by atoms with van der Waals surface area (Å²) < 4.78 is 5.59. The minimum Gasteiger partial charge on any atom is -0.493 e. The Bertz CT molecular complexity index is 529. The van der Waals surface area contributed by atoms with Gasteiger partial charge >= 0.3 is 5.97 Å². The molecular weight excluding hydrogens is 258 g/mol. The zero-order valence-corrected chi connectivity index (χ0v) is 11.1. The lowest BCUT2D eigenvalue weighted by molar-refractivity contribution is -0.140. The molecule has 0 radical (unpaired) electrons. The van der Waals surface area contributed by atoms with Crippen LogP contribution in [0.4, 0.5) is 0 Å². The molecule has 2 aliphatic rings. The Hall–Kier alpha value is -2.04. The van der Waals surface area contributed by atoms with Gasteiger partial charge in [0.15, 0.2) is 0 Å². The maximum Gasteiger partial charge on any atom is 0.329 e. The monoisotopic (exact) mass is 275 g/mol. The first kappa shape index (κ1) is 13.0. The number of carbonyl (C=O) groups excluding carboxylic acids is 1. The van der Waals surface area contributed by atoms with Crippen LogP contribution in [0.1, 0.15) is 36.0 Å². The van der Waals surface area contributed by atoms with E-state index in [1.807, 2.05) is 0 Å². The molecule has 20 heavy (non-hydrogen) atoms. The van der Waals surface area contributed by atoms with Crippen LogP contribution in [0.3, 0.4) is 0 Å². The molecule has 0 aliphatic heterocycles. The highest BCUT2D eigenvalue weighted by molar-refractivity contribution is 5.98. The van der Waals surface area contributed by atoms with Crippen LogP contribution in [-0.2, 0) is 4.79 Å². The molecule has 2 saturated carbocycles. The van der Waals surface area contributed by atoms with Crippen molar-refractivity contribution in [2.45, 2.75) is 31.2 Å². The first-order chi connectivity index (χ1) is 9.59. The Morgan fingerprint density at radius 2 is 1.90 bits per heavy atom. The molecule has 1 aromatic carbocycles. The SMILES string of the molecule is O=C(NC1(C(=O)O)CC1)c1ccc(OCC2CC2)cc1. The lowest BCUT2D eigenvalue weighted by Gasteiger charge is -2.12. The van der Waals surface area contributed by atoms with Gasteiger partial charge < -0.3 is 15.2 Å². The highest BCUT2D eigenvalue weighted by Crippen LogP contribution is 2.35. The van der Waals surface area contributed by atoms with Crippen molar-refractivity contribution in [3.8, 4) is 5.75 Å². The highest BCUT2D eigenvalue weighted by atomic mass is 16.5. The van der Waals surface area contributed by atoms with Crippen LogP contribution < -0.4 is 10.1 Å². The quantitative estimate of drug-likeness (QED) is 0.830. The van der Waals surface area contributed by atoms with Gasteiger partial charge in [-0.3, -0.25) is 4.79 Å². The van der Waals surface area contributed by atoms with E-state index < -0.39 is 11.5 Å². The molecule has 1 aromatic rings. The number of hydrogen-bond acceptors (Lipinski definition) is 3. The topological polar surface area (TPSA) is 75.6 Å². The molecule has 5 nitrogen and oxygen atoms in total. The smallest absolute Gasteiger partial charge is 0.329 e. The Morgan fingerprint density at radius 3 is 2.40 bits per heavy atom. The van der Waals surface area contributed by atoms with Crippen LogP contribution in [0.25, 0.3) is 0 Å². The second-order valence-corrected chi connectivity index (χ2v) is 5.62. The molecule has 2 fully saturated rings. The fourth-order valence-electron chi connectivity index (χ4n) is 2.01. The summed E-state index contributed by atoms with van der Waals surface area (Å²) in [4.78, 5) is 23.0. The van der Waals surface area contributed by atoms with E-state index in [4.69, 9.17) is 9.84 Å². The fraction of sp³-hybridized carbons (Fsp3) is 0.467. The van der Waals surface area contributed by atoms with Crippen LogP contribution >= 0.6 is 0 Å². The van der Waals surface area contributed by atoms with Crippen molar-refractivity contribution in [3.63, 3.8) is 0 Å². The predicted octanol–water partition coefficient (Wildman–Crippen LogP) is 1.82. The van der Waals surface area contributed by atoms with E-state index in [0.29, 0.717) is 24.3 Å². The first-order valence-corrected chi connectivity index (χ1v) is 6.88. The van der Waals surface area contributed by atoms with E-state index >= 15 is 0 Å². The summed E-state index contributed by atoms with van der Waals surface area (Å²) in [7, 11) is 0. The van der Waals surface area contributed by atoms with Gasteiger partial charge in [-0.1, -0.05) is 0 Å². The third-order valence-corrected chi connectivity index (χ3v) is 3.81. The number of rotatable bonds is 6. The number of benzene rings is 1. The van der Waals surface area contributed by atoms with E-state index in [-0.39, 0.29) is 5.91 Å². The van der Waals surface area contributed by atoms with Gasteiger partial charge in [0, 0.05) is 5.56 Å². The molecule has 0 bridgehead atoms. The third kappa shape index (κ3) is 2.76. The van der Waals surface area contributed by atoms with E-state index in [1.165, 1.54) is 12.8 Å². The zero-order chi connectivity index (χ0) is 14.2. The van der Waals surface area contributed by atoms with Crippen LogP contribution in [0.2, 0.25) is 0 Å². The summed E-state index contributed by atoms with van der Waals surface area (Å²) in [6.07, 6.45) is 3.46. The van der Waals surface area contributed by atoms with Gasteiger partial charge in [0.1, 0.15) is 11.3 Å². The number of carboxylic acids is 1. The Morgan fingerprint density at radius 1 is 1.25 bits per heavy atom. The van der Waals surface area contributed by atoms with Crippen molar-refractivity contribution in [2.24, 2.45) is 5.92 Å². The molecule has 5 heteroatoms.